The number of amides is 1. The van der Waals surface area contributed by atoms with Gasteiger partial charge in [-0.15, -0.1) is 17.9 Å². The molecule has 1 aliphatic rings. The lowest BCUT2D eigenvalue weighted by molar-refractivity contribution is -0.274. The third kappa shape index (κ3) is 5.55. The fourth-order valence-corrected chi connectivity index (χ4v) is 4.15. The first-order valence-electron chi connectivity index (χ1n) is 8.56. The van der Waals surface area contributed by atoms with Crippen LogP contribution in [0.5, 0.6) is 5.75 Å². The van der Waals surface area contributed by atoms with Crippen molar-refractivity contribution in [2.45, 2.75) is 24.9 Å². The Morgan fingerprint density at radius 1 is 1.30 bits per heavy atom. The molecule has 0 spiro atoms. The Bertz CT molecular complexity index is 917. The van der Waals surface area contributed by atoms with Crippen LogP contribution in [0.1, 0.15) is 18.0 Å². The number of carbonyl (C=O) groups excluding carboxylic acids is 1. The van der Waals surface area contributed by atoms with Gasteiger partial charge in [-0.2, -0.15) is 0 Å². The normalized spacial score (nSPS) is 22.6. The van der Waals surface area contributed by atoms with Gasteiger partial charge in [-0.05, 0) is 35.9 Å². The van der Waals surface area contributed by atoms with E-state index in [0.717, 1.165) is 18.2 Å². The fraction of sp³-hybridized carbons (Fsp3) is 0.278. The van der Waals surface area contributed by atoms with Gasteiger partial charge in [-0.3, -0.25) is 4.79 Å². The number of nitrogens with zero attached hydrogens (tertiary/aromatic N) is 1. The number of likely N-dealkylation sites (N-methyl/N-ethyl adjacent to an activating group) is 1. The van der Waals surface area contributed by atoms with Crippen LogP contribution in [0.25, 0.3) is 0 Å². The van der Waals surface area contributed by atoms with Crippen LogP contribution >= 0.6 is 11.6 Å². The number of alkyl halides is 3. The summed E-state index contributed by atoms with van der Waals surface area (Å²) in [6.07, 6.45) is -4.62. The van der Waals surface area contributed by atoms with Crippen LogP contribution in [-0.4, -0.2) is 34.2 Å². The Balaban J connectivity index is 1.73. The van der Waals surface area contributed by atoms with Gasteiger partial charge in [0, 0.05) is 19.2 Å². The van der Waals surface area contributed by atoms with Gasteiger partial charge in [0.05, 0.1) is 11.1 Å². The topological polar surface area (TPSA) is 76.7 Å². The third-order valence-corrected chi connectivity index (χ3v) is 5.96. The molecule has 3 unspecified atom stereocenters. The maximum absolute atomic E-state index is 13.3. The second-order valence-electron chi connectivity index (χ2n) is 6.45. The molecule has 2 aromatic rings. The first-order chi connectivity index (χ1) is 14.0. The number of hydrogen-bond acceptors (Lipinski definition) is 5. The van der Waals surface area contributed by atoms with Gasteiger partial charge in [0.1, 0.15) is 29.2 Å². The molecule has 3 rings (SSSR count). The molecule has 1 aliphatic heterocycles. The van der Waals surface area contributed by atoms with E-state index in [1.165, 1.54) is 35.6 Å². The van der Waals surface area contributed by atoms with Crippen LogP contribution in [0, 0.1) is 5.82 Å². The average Bonchev–Trinajstić information content (AvgIpc) is 2.66. The smallest absolute Gasteiger partial charge is 0.573 e. The maximum Gasteiger partial charge on any atom is 0.573 e. The van der Waals surface area contributed by atoms with Gasteiger partial charge in [-0.1, -0.05) is 28.0 Å². The summed E-state index contributed by atoms with van der Waals surface area (Å²) >= 11 is 3.99. The maximum atomic E-state index is 13.3. The molecule has 12 heteroatoms. The van der Waals surface area contributed by atoms with Crippen LogP contribution < -0.4 is 14.8 Å². The highest BCUT2D eigenvalue weighted by Crippen LogP contribution is 2.31. The molecule has 0 saturated carbocycles. The molecule has 1 fully saturated rings. The van der Waals surface area contributed by atoms with Crippen LogP contribution in [0.2, 0.25) is 5.02 Å². The molecule has 2 aromatic carbocycles. The van der Waals surface area contributed by atoms with Crippen molar-refractivity contribution in [3.63, 3.8) is 0 Å². The minimum absolute atomic E-state index is 0.158. The highest BCUT2D eigenvalue weighted by Gasteiger charge is 2.41. The standard InChI is InChI=1S/C18H16ClF4N3O3S/c1-26-16(17(27)24-11-4-7-14(20)13(19)8-11)9-15(25-30(26)28)10-2-5-12(6-3-10)29-18(21,22)23/h2-8,15-16,25H,9H2,1H3,(H,24,27). The van der Waals surface area contributed by atoms with Gasteiger partial charge in [0.15, 0.2) is 0 Å². The largest absolute Gasteiger partial charge is 0.579 e. The molecule has 30 heavy (non-hydrogen) atoms. The molecular formula is C18H16ClF4N3O3S. The van der Waals surface area contributed by atoms with Crippen molar-refractivity contribution >= 4 is 34.7 Å². The van der Waals surface area contributed by atoms with Crippen molar-refractivity contribution in [2.75, 3.05) is 12.4 Å². The SMILES string of the molecule is CN1C(C(=O)Nc2ccc(F)c(Cl)c2)CC(c2ccc(OC(F)(F)F)cc2)N[S+]1[O-]. The lowest BCUT2D eigenvalue weighted by Crippen LogP contribution is -2.55. The first kappa shape index (κ1) is 22.6. The van der Waals surface area contributed by atoms with Gasteiger partial charge in [0.25, 0.3) is 0 Å². The molecule has 2 N–H and O–H groups in total. The minimum atomic E-state index is -4.80. The Hall–Kier alpha value is -2.05. The van der Waals surface area contributed by atoms with E-state index in [1.807, 2.05) is 0 Å². The number of rotatable bonds is 4. The van der Waals surface area contributed by atoms with Crippen molar-refractivity contribution in [1.82, 2.24) is 9.03 Å². The number of ether oxygens (including phenoxy) is 1. The zero-order valence-corrected chi connectivity index (χ0v) is 16.9. The molecule has 0 bridgehead atoms. The monoisotopic (exact) mass is 465 g/mol. The van der Waals surface area contributed by atoms with Crippen molar-refractivity contribution in [3.05, 3.63) is 58.9 Å². The summed E-state index contributed by atoms with van der Waals surface area (Å²) in [6, 6.07) is 7.39. The first-order valence-corrected chi connectivity index (χ1v) is 10.0. The highest BCUT2D eigenvalue weighted by molar-refractivity contribution is 7.87. The van der Waals surface area contributed by atoms with Crippen LogP contribution in [0.4, 0.5) is 23.2 Å². The molecule has 0 radical (unpaired) electrons. The molecule has 6 nitrogen and oxygen atoms in total. The number of benzene rings is 2. The van der Waals surface area contributed by atoms with E-state index in [-0.39, 0.29) is 22.9 Å². The minimum Gasteiger partial charge on any atom is -0.579 e. The second-order valence-corrected chi connectivity index (χ2v) is 8.17. The van der Waals surface area contributed by atoms with Gasteiger partial charge in [0.2, 0.25) is 5.91 Å². The van der Waals surface area contributed by atoms with E-state index in [9.17, 15) is 26.9 Å². The van der Waals surface area contributed by atoms with Crippen molar-refractivity contribution in [2.24, 2.45) is 0 Å². The second kappa shape index (κ2) is 8.98. The summed E-state index contributed by atoms with van der Waals surface area (Å²) in [4.78, 5) is 12.7. The van der Waals surface area contributed by atoms with Crippen LogP contribution in [-0.2, 0) is 16.3 Å². The summed E-state index contributed by atoms with van der Waals surface area (Å²) in [5.74, 6) is -1.51. The fourth-order valence-electron chi connectivity index (χ4n) is 2.92. The Morgan fingerprint density at radius 2 is 1.97 bits per heavy atom. The number of anilines is 1. The molecule has 1 amide bonds. The highest BCUT2D eigenvalue weighted by atomic mass is 35.5. The molecule has 1 heterocycles. The van der Waals surface area contributed by atoms with Crippen LogP contribution in [0.3, 0.4) is 0 Å². The third-order valence-electron chi connectivity index (χ3n) is 4.41. The Labute approximate surface area is 177 Å². The quantitative estimate of drug-likeness (QED) is 0.528. The van der Waals surface area contributed by atoms with Crippen molar-refractivity contribution in [1.29, 1.82) is 0 Å². The van der Waals surface area contributed by atoms with Gasteiger partial charge < -0.3 is 14.6 Å². The number of halogens is 5. The summed E-state index contributed by atoms with van der Waals surface area (Å²) in [6.45, 7) is 0. The summed E-state index contributed by atoms with van der Waals surface area (Å²) in [5, 5.41) is 2.44. The van der Waals surface area contributed by atoms with Gasteiger partial charge >= 0.3 is 6.36 Å². The molecule has 0 aliphatic carbocycles. The predicted molar refractivity (Wildman–Crippen MR) is 103 cm³/mol. The number of nitrogens with one attached hydrogen (secondary N) is 2. The summed E-state index contributed by atoms with van der Waals surface area (Å²) in [5.41, 5.74) is 0.808. The molecule has 162 valence electrons. The van der Waals surface area contributed by atoms with E-state index < -0.39 is 41.7 Å². The van der Waals surface area contributed by atoms with Gasteiger partial charge in [-0.25, -0.2) is 4.39 Å². The zero-order chi connectivity index (χ0) is 22.1. The number of carbonyl (C=O) groups is 1. The van der Waals surface area contributed by atoms with Crippen molar-refractivity contribution < 1.29 is 31.6 Å². The van der Waals surface area contributed by atoms with Crippen LogP contribution in [0.15, 0.2) is 42.5 Å². The molecule has 0 aromatic heterocycles. The Morgan fingerprint density at radius 3 is 2.57 bits per heavy atom. The number of hydrogen-bond donors (Lipinski definition) is 2. The summed E-state index contributed by atoms with van der Waals surface area (Å²) in [7, 11) is 1.49. The predicted octanol–water partition coefficient (Wildman–Crippen LogP) is 3.93. The average molecular weight is 466 g/mol. The van der Waals surface area contributed by atoms with E-state index >= 15 is 0 Å². The zero-order valence-electron chi connectivity index (χ0n) is 15.4. The Kier molecular flexibility index (Phi) is 6.78. The lowest BCUT2D eigenvalue weighted by atomic mass is 9.99. The summed E-state index contributed by atoms with van der Waals surface area (Å²) < 4.78 is 70.6. The van der Waals surface area contributed by atoms with E-state index in [2.05, 4.69) is 14.8 Å². The van der Waals surface area contributed by atoms with E-state index in [0.29, 0.717) is 5.56 Å². The lowest BCUT2D eigenvalue weighted by Gasteiger charge is -2.36. The van der Waals surface area contributed by atoms with Crippen molar-refractivity contribution in [3.8, 4) is 5.75 Å². The molecule has 1 saturated heterocycles. The van der Waals surface area contributed by atoms with E-state index in [1.54, 1.807) is 0 Å². The van der Waals surface area contributed by atoms with E-state index in [4.69, 9.17) is 11.6 Å². The molecule has 3 atom stereocenters. The molecular weight excluding hydrogens is 450 g/mol.